The molecule has 144 valence electrons. The van der Waals surface area contributed by atoms with Crippen LogP contribution >= 0.6 is 11.6 Å². The Morgan fingerprint density at radius 2 is 1.72 bits per heavy atom. The smallest absolute Gasteiger partial charge is 0.191 e. The highest BCUT2D eigenvalue weighted by molar-refractivity contribution is 6.33. The van der Waals surface area contributed by atoms with E-state index in [4.69, 9.17) is 11.6 Å². The van der Waals surface area contributed by atoms with Crippen LogP contribution < -0.4 is 5.32 Å². The van der Waals surface area contributed by atoms with Crippen molar-refractivity contribution in [3.05, 3.63) is 95.3 Å². The normalized spacial score (nSPS) is 10.7. The molecule has 2 heterocycles. The second-order valence-electron chi connectivity index (χ2n) is 6.60. The lowest BCUT2D eigenvalue weighted by atomic mass is 10.0. The van der Waals surface area contributed by atoms with Crippen LogP contribution in [0.25, 0.3) is 22.4 Å². The number of anilines is 1. The van der Waals surface area contributed by atoms with Gasteiger partial charge in [-0.25, -0.2) is 14.4 Å². The molecule has 29 heavy (non-hydrogen) atoms. The van der Waals surface area contributed by atoms with Gasteiger partial charge in [0.2, 0.25) is 0 Å². The first-order valence-corrected chi connectivity index (χ1v) is 9.51. The van der Waals surface area contributed by atoms with Crippen LogP contribution in [-0.4, -0.2) is 15.0 Å². The maximum absolute atomic E-state index is 14.9. The molecule has 0 aliphatic carbocycles. The number of nitrogens with one attached hydrogen (secondary N) is 1. The fraction of sp³-hybridized carbons (Fsp3) is 0.0870. The summed E-state index contributed by atoms with van der Waals surface area (Å²) in [5, 5.41) is 3.49. The van der Waals surface area contributed by atoms with Gasteiger partial charge in [0.15, 0.2) is 11.6 Å². The number of benzene rings is 2. The molecule has 0 aliphatic rings. The molecule has 0 saturated heterocycles. The third-order valence-corrected chi connectivity index (χ3v) is 4.89. The standard InChI is InChI=1S/C23H18ClFN4/c1-15-12-18(10-11-26-15)17-8-6-16(7-9-17)13-27-23-21(25)22(28-14-29-23)19-4-2-3-5-20(19)24/h2-12,14H,13H2,1H3,(H,27,28,29). The van der Waals surface area contributed by atoms with Crippen LogP contribution in [0.1, 0.15) is 11.3 Å². The Kier molecular flexibility index (Phi) is 5.49. The summed E-state index contributed by atoms with van der Waals surface area (Å²) in [6, 6.07) is 19.1. The Morgan fingerprint density at radius 1 is 0.931 bits per heavy atom. The van der Waals surface area contributed by atoms with Gasteiger partial charge < -0.3 is 5.32 Å². The van der Waals surface area contributed by atoms with E-state index in [-0.39, 0.29) is 11.5 Å². The molecule has 0 unspecified atom stereocenters. The maximum Gasteiger partial charge on any atom is 0.191 e. The van der Waals surface area contributed by atoms with Crippen molar-refractivity contribution in [2.24, 2.45) is 0 Å². The Morgan fingerprint density at radius 3 is 2.48 bits per heavy atom. The zero-order valence-corrected chi connectivity index (χ0v) is 16.5. The fourth-order valence-electron chi connectivity index (χ4n) is 3.06. The summed E-state index contributed by atoms with van der Waals surface area (Å²) >= 11 is 6.18. The van der Waals surface area contributed by atoms with Crippen molar-refractivity contribution in [1.82, 2.24) is 15.0 Å². The summed E-state index contributed by atoms with van der Waals surface area (Å²) < 4.78 is 14.9. The molecular formula is C23H18ClFN4. The zero-order valence-electron chi connectivity index (χ0n) is 15.7. The molecule has 0 fully saturated rings. The molecule has 0 aliphatic heterocycles. The first-order valence-electron chi connectivity index (χ1n) is 9.13. The molecule has 2 aromatic heterocycles. The summed E-state index contributed by atoms with van der Waals surface area (Å²) in [7, 11) is 0. The highest BCUT2D eigenvalue weighted by Crippen LogP contribution is 2.30. The molecule has 1 N–H and O–H groups in total. The van der Waals surface area contributed by atoms with Gasteiger partial charge in [-0.2, -0.15) is 0 Å². The predicted molar refractivity (Wildman–Crippen MR) is 114 cm³/mol. The Hall–Kier alpha value is -3.31. The van der Waals surface area contributed by atoms with Gasteiger partial charge in [-0.05, 0) is 41.8 Å². The van der Waals surface area contributed by atoms with E-state index in [2.05, 4.69) is 20.3 Å². The molecule has 0 bridgehead atoms. The Balaban J connectivity index is 1.51. The van der Waals surface area contributed by atoms with Gasteiger partial charge >= 0.3 is 0 Å². The van der Waals surface area contributed by atoms with E-state index < -0.39 is 5.82 Å². The summed E-state index contributed by atoms with van der Waals surface area (Å²) in [5.74, 6) is -0.381. The quantitative estimate of drug-likeness (QED) is 0.448. The van der Waals surface area contributed by atoms with E-state index in [1.54, 1.807) is 30.5 Å². The SMILES string of the molecule is Cc1cc(-c2ccc(CNc3ncnc(-c4ccccc4Cl)c3F)cc2)ccn1. The number of aryl methyl sites for hydroxylation is 1. The lowest BCUT2D eigenvalue weighted by Crippen LogP contribution is -2.05. The molecule has 0 saturated carbocycles. The summed E-state index contributed by atoms with van der Waals surface area (Å²) in [5.41, 5.74) is 4.92. The number of aromatic nitrogens is 3. The van der Waals surface area contributed by atoms with Gasteiger partial charge in [-0.15, -0.1) is 0 Å². The summed E-state index contributed by atoms with van der Waals surface area (Å²) in [6.07, 6.45) is 3.13. The first-order chi connectivity index (χ1) is 14.1. The van der Waals surface area contributed by atoms with Gasteiger partial charge in [0, 0.05) is 24.0 Å². The Labute approximate surface area is 173 Å². The van der Waals surface area contributed by atoms with Crippen molar-refractivity contribution < 1.29 is 4.39 Å². The topological polar surface area (TPSA) is 50.7 Å². The molecule has 0 radical (unpaired) electrons. The largest absolute Gasteiger partial charge is 0.363 e. The predicted octanol–water partition coefficient (Wildman–Crippen LogP) is 5.92. The van der Waals surface area contributed by atoms with Crippen molar-refractivity contribution in [1.29, 1.82) is 0 Å². The van der Waals surface area contributed by atoms with Crippen LogP contribution in [0.5, 0.6) is 0 Å². The van der Waals surface area contributed by atoms with Crippen LogP contribution in [0, 0.1) is 12.7 Å². The average molecular weight is 405 g/mol. The summed E-state index contributed by atoms with van der Waals surface area (Å²) in [4.78, 5) is 12.3. The average Bonchev–Trinajstić information content (AvgIpc) is 2.74. The van der Waals surface area contributed by atoms with Crippen molar-refractivity contribution in [2.45, 2.75) is 13.5 Å². The van der Waals surface area contributed by atoms with E-state index in [0.717, 1.165) is 22.4 Å². The van der Waals surface area contributed by atoms with Crippen molar-refractivity contribution in [2.75, 3.05) is 5.32 Å². The van der Waals surface area contributed by atoms with Crippen molar-refractivity contribution in [3.63, 3.8) is 0 Å². The van der Waals surface area contributed by atoms with Crippen LogP contribution in [0.2, 0.25) is 5.02 Å². The first kappa shape index (κ1) is 19.0. The highest BCUT2D eigenvalue weighted by Gasteiger charge is 2.15. The minimum atomic E-state index is -0.524. The van der Waals surface area contributed by atoms with Gasteiger partial charge in [-0.3, -0.25) is 4.98 Å². The zero-order chi connectivity index (χ0) is 20.2. The van der Waals surface area contributed by atoms with Crippen molar-refractivity contribution >= 4 is 17.4 Å². The molecule has 4 nitrogen and oxygen atoms in total. The Bertz CT molecular complexity index is 1150. The number of nitrogens with zero attached hydrogens (tertiary/aromatic N) is 3. The van der Waals surface area contributed by atoms with Gasteiger partial charge in [-0.1, -0.05) is 54.1 Å². The molecule has 0 atom stereocenters. The minimum absolute atomic E-state index is 0.142. The molecule has 4 aromatic rings. The van der Waals surface area contributed by atoms with Crippen LogP contribution in [-0.2, 0) is 6.54 Å². The van der Waals surface area contributed by atoms with E-state index >= 15 is 0 Å². The number of pyridine rings is 1. The molecule has 0 amide bonds. The minimum Gasteiger partial charge on any atom is -0.363 e. The fourth-order valence-corrected chi connectivity index (χ4v) is 3.29. The number of hydrogen-bond donors (Lipinski definition) is 1. The van der Waals surface area contributed by atoms with E-state index in [9.17, 15) is 4.39 Å². The third kappa shape index (κ3) is 4.25. The van der Waals surface area contributed by atoms with Gasteiger partial charge in [0.25, 0.3) is 0 Å². The molecule has 4 rings (SSSR count). The maximum atomic E-state index is 14.9. The van der Waals surface area contributed by atoms with E-state index in [1.165, 1.54) is 6.33 Å². The van der Waals surface area contributed by atoms with Crippen molar-refractivity contribution in [3.8, 4) is 22.4 Å². The lowest BCUT2D eigenvalue weighted by molar-refractivity contribution is 0.621. The van der Waals surface area contributed by atoms with E-state index in [0.29, 0.717) is 17.1 Å². The second kappa shape index (κ2) is 8.37. The highest BCUT2D eigenvalue weighted by atomic mass is 35.5. The summed E-state index contributed by atoms with van der Waals surface area (Å²) in [6.45, 7) is 2.40. The van der Waals surface area contributed by atoms with Gasteiger partial charge in [0.05, 0.1) is 5.02 Å². The lowest BCUT2D eigenvalue weighted by Gasteiger charge is -2.10. The molecule has 6 heteroatoms. The number of hydrogen-bond acceptors (Lipinski definition) is 4. The molecule has 0 spiro atoms. The second-order valence-corrected chi connectivity index (χ2v) is 7.01. The third-order valence-electron chi connectivity index (χ3n) is 4.56. The van der Waals surface area contributed by atoms with Crippen LogP contribution in [0.15, 0.2) is 73.2 Å². The van der Waals surface area contributed by atoms with Gasteiger partial charge in [0.1, 0.15) is 12.0 Å². The van der Waals surface area contributed by atoms with E-state index in [1.807, 2.05) is 43.3 Å². The monoisotopic (exact) mass is 404 g/mol. The van der Waals surface area contributed by atoms with Crippen LogP contribution in [0.3, 0.4) is 0 Å². The number of halogens is 2. The number of rotatable bonds is 5. The molecular weight excluding hydrogens is 387 g/mol. The van der Waals surface area contributed by atoms with Crippen LogP contribution in [0.4, 0.5) is 10.2 Å². The molecule has 2 aromatic carbocycles.